The van der Waals surface area contributed by atoms with E-state index in [0.29, 0.717) is 12.5 Å². The van der Waals surface area contributed by atoms with Crippen molar-refractivity contribution in [3.63, 3.8) is 0 Å². The lowest BCUT2D eigenvalue weighted by Crippen LogP contribution is -2.47. The van der Waals surface area contributed by atoms with E-state index in [2.05, 4.69) is 0 Å². The van der Waals surface area contributed by atoms with Gasteiger partial charge in [0.1, 0.15) is 5.72 Å². The molecule has 4 N–H and O–H groups in total. The Labute approximate surface area is 85.8 Å². The summed E-state index contributed by atoms with van der Waals surface area (Å²) in [5.41, 5.74) is 10.6. The third-order valence-corrected chi connectivity index (χ3v) is 2.27. The van der Waals surface area contributed by atoms with Gasteiger partial charge in [0.2, 0.25) is 0 Å². The summed E-state index contributed by atoms with van der Waals surface area (Å²) in [7, 11) is 0. The van der Waals surface area contributed by atoms with Gasteiger partial charge in [0.15, 0.2) is 0 Å². The molecule has 0 aliphatic carbocycles. The van der Waals surface area contributed by atoms with Gasteiger partial charge in [0.25, 0.3) is 0 Å². The maximum atomic E-state index is 5.91. The van der Waals surface area contributed by atoms with E-state index in [0.717, 1.165) is 0 Å². The van der Waals surface area contributed by atoms with Crippen LogP contribution in [0.4, 0.5) is 0 Å². The first kappa shape index (κ1) is 13.2. The number of halogens is 1. The molecule has 0 aliphatic rings. The van der Waals surface area contributed by atoms with Gasteiger partial charge in [0.05, 0.1) is 6.61 Å². The maximum absolute atomic E-state index is 5.91. The Morgan fingerprint density at radius 1 is 1.23 bits per heavy atom. The molecule has 13 heavy (non-hydrogen) atoms. The van der Waals surface area contributed by atoms with Crippen LogP contribution in [-0.2, 0) is 4.74 Å². The molecule has 3 nitrogen and oxygen atoms in total. The fourth-order valence-electron chi connectivity index (χ4n) is 0.774. The van der Waals surface area contributed by atoms with Crippen molar-refractivity contribution in [3.05, 3.63) is 0 Å². The number of ether oxygens (including phenoxy) is 1. The van der Waals surface area contributed by atoms with Crippen LogP contribution in [0.5, 0.6) is 0 Å². The zero-order chi connectivity index (χ0) is 10.7. The van der Waals surface area contributed by atoms with Gasteiger partial charge >= 0.3 is 0 Å². The Morgan fingerprint density at radius 3 is 1.92 bits per heavy atom. The summed E-state index contributed by atoms with van der Waals surface area (Å²) in [4.78, 5) is 0. The predicted octanol–water partition coefficient (Wildman–Crippen LogP) is 1.29. The van der Waals surface area contributed by atoms with Crippen LogP contribution in [0.2, 0.25) is 0 Å². The molecular weight excluding hydrogens is 188 g/mol. The highest BCUT2D eigenvalue weighted by Crippen LogP contribution is 2.17. The van der Waals surface area contributed by atoms with Crippen molar-refractivity contribution in [3.8, 4) is 0 Å². The summed E-state index contributed by atoms with van der Waals surface area (Å²) in [6.07, 6.45) is 0. The molecule has 4 heteroatoms. The quantitative estimate of drug-likeness (QED) is 0.529. The van der Waals surface area contributed by atoms with Gasteiger partial charge < -0.3 is 16.2 Å². The summed E-state index contributed by atoms with van der Waals surface area (Å²) in [6.45, 7) is 7.99. The Balaban J connectivity index is 4.02. The number of hydrogen-bond donors (Lipinski definition) is 2. The van der Waals surface area contributed by atoms with Crippen molar-refractivity contribution in [2.45, 2.75) is 39.0 Å². The van der Waals surface area contributed by atoms with Gasteiger partial charge in [-0.3, -0.25) is 0 Å². The van der Waals surface area contributed by atoms with E-state index >= 15 is 0 Å². The molecule has 0 saturated carbocycles. The standard InChI is InChI=1S/C9H21ClN2O/c1-8(2,11)7(5-10)6-13-9(3,4)12/h7H,5-6,11-12H2,1-4H3. The molecule has 0 aromatic carbocycles. The van der Waals surface area contributed by atoms with Gasteiger partial charge in [-0.25, -0.2) is 0 Å². The van der Waals surface area contributed by atoms with Gasteiger partial charge in [-0.05, 0) is 27.7 Å². The minimum absolute atomic E-state index is 0.122. The zero-order valence-electron chi connectivity index (χ0n) is 8.93. The van der Waals surface area contributed by atoms with E-state index in [1.54, 1.807) is 0 Å². The second-order valence-electron chi connectivity index (χ2n) is 4.59. The highest BCUT2D eigenvalue weighted by molar-refractivity contribution is 6.18. The first-order valence-corrected chi connectivity index (χ1v) is 4.98. The molecule has 0 aromatic rings. The van der Waals surface area contributed by atoms with Crippen LogP contribution in [0.25, 0.3) is 0 Å². The van der Waals surface area contributed by atoms with Crippen LogP contribution in [-0.4, -0.2) is 23.8 Å². The van der Waals surface area contributed by atoms with Crippen LogP contribution in [0.3, 0.4) is 0 Å². The molecule has 0 radical (unpaired) electrons. The Bertz CT molecular complexity index is 149. The van der Waals surface area contributed by atoms with Crippen LogP contribution >= 0.6 is 11.6 Å². The Kier molecular flexibility index (Phi) is 4.66. The SMILES string of the molecule is CC(C)(N)OCC(CCl)C(C)(C)N. The average molecular weight is 209 g/mol. The minimum Gasteiger partial charge on any atom is -0.361 e. The predicted molar refractivity (Wildman–Crippen MR) is 56.7 cm³/mol. The van der Waals surface area contributed by atoms with Crippen molar-refractivity contribution in [2.24, 2.45) is 17.4 Å². The van der Waals surface area contributed by atoms with E-state index in [1.807, 2.05) is 27.7 Å². The largest absolute Gasteiger partial charge is 0.361 e. The summed E-state index contributed by atoms with van der Waals surface area (Å²) in [5, 5.41) is 0. The van der Waals surface area contributed by atoms with Gasteiger partial charge in [-0.2, -0.15) is 0 Å². The fraction of sp³-hybridized carbons (Fsp3) is 1.00. The normalized spacial score (nSPS) is 15.9. The monoisotopic (exact) mass is 208 g/mol. The number of hydrogen-bond acceptors (Lipinski definition) is 3. The van der Waals surface area contributed by atoms with E-state index in [-0.39, 0.29) is 11.5 Å². The topological polar surface area (TPSA) is 61.3 Å². The van der Waals surface area contributed by atoms with E-state index in [4.69, 9.17) is 27.8 Å². The molecule has 1 unspecified atom stereocenters. The van der Waals surface area contributed by atoms with Crippen LogP contribution in [0.15, 0.2) is 0 Å². The van der Waals surface area contributed by atoms with Gasteiger partial charge in [-0.1, -0.05) is 0 Å². The molecule has 0 saturated heterocycles. The second kappa shape index (κ2) is 4.60. The molecule has 0 spiro atoms. The molecule has 0 heterocycles. The molecule has 1 atom stereocenters. The minimum atomic E-state index is -0.616. The van der Waals surface area contributed by atoms with E-state index in [9.17, 15) is 0 Å². The summed E-state index contributed by atoms with van der Waals surface area (Å²) >= 11 is 5.78. The van der Waals surface area contributed by atoms with Gasteiger partial charge in [-0.15, -0.1) is 11.6 Å². The maximum Gasteiger partial charge on any atom is 0.111 e. The third kappa shape index (κ3) is 6.27. The second-order valence-corrected chi connectivity index (χ2v) is 4.90. The van der Waals surface area contributed by atoms with Crippen molar-refractivity contribution in [2.75, 3.05) is 12.5 Å². The lowest BCUT2D eigenvalue weighted by molar-refractivity contribution is -0.0366. The lowest BCUT2D eigenvalue weighted by Gasteiger charge is -2.31. The van der Waals surface area contributed by atoms with Crippen molar-refractivity contribution >= 4 is 11.6 Å². The molecule has 80 valence electrons. The molecule has 0 rings (SSSR count). The Hall–Kier alpha value is 0.170. The van der Waals surface area contributed by atoms with Crippen molar-refractivity contribution in [1.82, 2.24) is 0 Å². The zero-order valence-corrected chi connectivity index (χ0v) is 9.69. The molecule has 0 amide bonds. The number of alkyl halides is 1. The van der Waals surface area contributed by atoms with E-state index < -0.39 is 5.72 Å². The Morgan fingerprint density at radius 2 is 1.69 bits per heavy atom. The van der Waals surface area contributed by atoms with Crippen LogP contribution in [0.1, 0.15) is 27.7 Å². The molecule has 0 bridgehead atoms. The molecular formula is C9H21ClN2O. The first-order chi connectivity index (χ1) is 5.67. The molecule has 0 aromatic heterocycles. The number of rotatable bonds is 5. The van der Waals surface area contributed by atoms with Gasteiger partial charge in [0, 0.05) is 17.3 Å². The number of nitrogens with two attached hydrogens (primary N) is 2. The van der Waals surface area contributed by atoms with Crippen molar-refractivity contribution in [1.29, 1.82) is 0 Å². The van der Waals surface area contributed by atoms with E-state index in [1.165, 1.54) is 0 Å². The smallest absolute Gasteiger partial charge is 0.111 e. The van der Waals surface area contributed by atoms with Crippen molar-refractivity contribution < 1.29 is 4.74 Å². The highest BCUT2D eigenvalue weighted by Gasteiger charge is 2.26. The first-order valence-electron chi connectivity index (χ1n) is 4.44. The van der Waals surface area contributed by atoms with Crippen LogP contribution in [0, 0.1) is 5.92 Å². The summed E-state index contributed by atoms with van der Waals surface area (Å²) in [6, 6.07) is 0. The third-order valence-electron chi connectivity index (χ3n) is 1.89. The van der Waals surface area contributed by atoms with Crippen LogP contribution < -0.4 is 11.5 Å². The highest BCUT2D eigenvalue weighted by atomic mass is 35.5. The lowest BCUT2D eigenvalue weighted by atomic mass is 9.91. The average Bonchev–Trinajstić information content (AvgIpc) is 1.82. The summed E-state index contributed by atoms with van der Waals surface area (Å²) < 4.78 is 5.42. The summed E-state index contributed by atoms with van der Waals surface area (Å²) in [5.74, 6) is 0.608. The fourth-order valence-corrected chi connectivity index (χ4v) is 1.26. The molecule has 0 fully saturated rings. The molecule has 0 aliphatic heterocycles.